The molecule has 3 aromatic rings. The molecule has 0 saturated carbocycles. The first-order valence-electron chi connectivity index (χ1n) is 11.3. The van der Waals surface area contributed by atoms with E-state index in [1.54, 1.807) is 23.1 Å². The summed E-state index contributed by atoms with van der Waals surface area (Å²) in [7, 11) is 1.42. The van der Waals surface area contributed by atoms with E-state index in [-0.39, 0.29) is 18.5 Å². The molecule has 0 fully saturated rings. The van der Waals surface area contributed by atoms with Gasteiger partial charge in [0, 0.05) is 25.2 Å². The summed E-state index contributed by atoms with van der Waals surface area (Å²) in [5.41, 5.74) is 1.60. The number of ether oxygens (including phenoxy) is 1. The molecule has 6 nitrogen and oxygen atoms in total. The first-order chi connectivity index (χ1) is 17.1. The molecule has 3 rings (SSSR count). The third-order valence-corrected chi connectivity index (χ3v) is 5.66. The van der Waals surface area contributed by atoms with Gasteiger partial charge in [-0.15, -0.1) is 0 Å². The van der Waals surface area contributed by atoms with Crippen LogP contribution in [0.1, 0.15) is 29.2 Å². The van der Waals surface area contributed by atoms with E-state index in [1.165, 1.54) is 13.2 Å². The molecule has 0 aliphatic rings. The van der Waals surface area contributed by atoms with E-state index in [4.69, 9.17) is 9.84 Å². The Morgan fingerprint density at radius 2 is 1.69 bits per heavy atom. The fourth-order valence-electron chi connectivity index (χ4n) is 3.84. The third kappa shape index (κ3) is 6.78. The zero-order valence-electron chi connectivity index (χ0n) is 19.9. The predicted octanol–water partition coefficient (Wildman–Crippen LogP) is 5.74. The summed E-state index contributed by atoms with van der Waals surface area (Å²) < 4.78 is 45.9. The highest BCUT2D eigenvalue weighted by molar-refractivity contribution is 5.78. The highest BCUT2D eigenvalue weighted by Crippen LogP contribution is 2.37. The van der Waals surface area contributed by atoms with Crippen molar-refractivity contribution in [3.05, 3.63) is 89.0 Å². The van der Waals surface area contributed by atoms with Gasteiger partial charge in [-0.3, -0.25) is 4.79 Å². The first-order valence-corrected chi connectivity index (χ1v) is 11.3. The Morgan fingerprint density at radius 1 is 0.972 bits per heavy atom. The van der Waals surface area contributed by atoms with Crippen molar-refractivity contribution in [1.29, 1.82) is 0 Å². The van der Waals surface area contributed by atoms with Gasteiger partial charge in [0.25, 0.3) is 0 Å². The quantitative estimate of drug-likeness (QED) is 0.393. The minimum atomic E-state index is -4.57. The minimum Gasteiger partial charge on any atom is -0.496 e. The first kappa shape index (κ1) is 26.6. The molecule has 0 atom stereocenters. The van der Waals surface area contributed by atoms with Gasteiger partial charge in [0.05, 0.1) is 19.1 Å². The minimum absolute atomic E-state index is 0.171. The van der Waals surface area contributed by atoms with Crippen molar-refractivity contribution in [1.82, 2.24) is 10.2 Å². The van der Waals surface area contributed by atoms with Crippen LogP contribution in [0.4, 0.5) is 18.0 Å². The standard InChI is InChI=1S/C27H27F3N2O4/c1-3-32(17-18-7-5-4-6-8-18)26(35)31-16-20-15-21(27(28,29)30)10-11-22(20)23-13-19(14-25(33)34)9-12-24(23)36-2/h4-13,15H,3,14,16-17H2,1-2H3,(H,31,35)(H,33,34). The number of aliphatic carboxylic acids is 1. The van der Waals surface area contributed by atoms with E-state index in [0.29, 0.717) is 35.5 Å². The molecule has 0 bridgehead atoms. The van der Waals surface area contributed by atoms with Gasteiger partial charge in [-0.05, 0) is 53.4 Å². The number of rotatable bonds is 9. The fraction of sp³-hybridized carbons (Fsp3) is 0.259. The molecule has 9 heteroatoms. The van der Waals surface area contributed by atoms with Crippen LogP contribution in [-0.4, -0.2) is 35.7 Å². The van der Waals surface area contributed by atoms with Crippen molar-refractivity contribution in [3.63, 3.8) is 0 Å². The Labute approximate surface area is 207 Å². The van der Waals surface area contributed by atoms with E-state index in [1.807, 2.05) is 37.3 Å². The molecule has 0 saturated heterocycles. The monoisotopic (exact) mass is 500 g/mol. The summed E-state index contributed by atoms with van der Waals surface area (Å²) in [6.07, 6.45) is -4.83. The van der Waals surface area contributed by atoms with E-state index in [0.717, 1.165) is 17.7 Å². The van der Waals surface area contributed by atoms with Crippen LogP contribution in [0.2, 0.25) is 0 Å². The van der Waals surface area contributed by atoms with Crippen molar-refractivity contribution < 1.29 is 32.6 Å². The topological polar surface area (TPSA) is 78.9 Å². The molecule has 2 N–H and O–H groups in total. The Kier molecular flexibility index (Phi) is 8.58. The number of carboxylic acids is 1. The second kappa shape index (κ2) is 11.6. The molecule has 36 heavy (non-hydrogen) atoms. The SMILES string of the molecule is CCN(Cc1ccccc1)C(=O)NCc1cc(C(F)(F)F)ccc1-c1cc(CC(=O)O)ccc1OC. The smallest absolute Gasteiger partial charge is 0.416 e. The molecule has 0 spiro atoms. The summed E-state index contributed by atoms with van der Waals surface area (Å²) in [5, 5.41) is 11.9. The van der Waals surface area contributed by atoms with Crippen molar-refractivity contribution in [3.8, 4) is 16.9 Å². The Morgan fingerprint density at radius 3 is 2.31 bits per heavy atom. The van der Waals surface area contributed by atoms with E-state index < -0.39 is 23.7 Å². The molecule has 3 aromatic carbocycles. The van der Waals surface area contributed by atoms with Crippen LogP contribution in [0.3, 0.4) is 0 Å². The summed E-state index contributed by atoms with van der Waals surface area (Å²) in [4.78, 5) is 25.6. The number of methoxy groups -OCH3 is 1. The Balaban J connectivity index is 1.95. The molecule has 190 valence electrons. The molecule has 0 heterocycles. The lowest BCUT2D eigenvalue weighted by molar-refractivity contribution is -0.138. The lowest BCUT2D eigenvalue weighted by Crippen LogP contribution is -2.39. The van der Waals surface area contributed by atoms with Crippen LogP contribution in [0, 0.1) is 0 Å². The number of amides is 2. The zero-order chi connectivity index (χ0) is 26.3. The van der Waals surface area contributed by atoms with Crippen LogP contribution in [0.25, 0.3) is 11.1 Å². The maximum absolute atomic E-state index is 13.5. The molecule has 0 aliphatic carbocycles. The van der Waals surface area contributed by atoms with Crippen LogP contribution in [-0.2, 0) is 30.5 Å². The van der Waals surface area contributed by atoms with Gasteiger partial charge in [0.1, 0.15) is 5.75 Å². The number of nitrogens with zero attached hydrogens (tertiary/aromatic N) is 1. The maximum Gasteiger partial charge on any atom is 0.416 e. The lowest BCUT2D eigenvalue weighted by atomic mass is 9.94. The van der Waals surface area contributed by atoms with Gasteiger partial charge in [-0.2, -0.15) is 13.2 Å². The summed E-state index contributed by atoms with van der Waals surface area (Å²) >= 11 is 0. The largest absolute Gasteiger partial charge is 0.496 e. The Hall–Kier alpha value is -4.01. The van der Waals surface area contributed by atoms with Gasteiger partial charge in [0.2, 0.25) is 0 Å². The van der Waals surface area contributed by atoms with Crippen molar-refractivity contribution >= 4 is 12.0 Å². The van der Waals surface area contributed by atoms with Gasteiger partial charge in [-0.25, -0.2) is 4.79 Å². The molecule has 0 aromatic heterocycles. The van der Waals surface area contributed by atoms with Crippen LogP contribution in [0.5, 0.6) is 5.75 Å². The average Bonchev–Trinajstić information content (AvgIpc) is 2.85. The van der Waals surface area contributed by atoms with Crippen molar-refractivity contribution in [2.45, 2.75) is 32.6 Å². The highest BCUT2D eigenvalue weighted by Gasteiger charge is 2.31. The van der Waals surface area contributed by atoms with Crippen LogP contribution < -0.4 is 10.1 Å². The van der Waals surface area contributed by atoms with Gasteiger partial charge in [-0.1, -0.05) is 42.5 Å². The summed E-state index contributed by atoms with van der Waals surface area (Å²) in [6.45, 7) is 2.40. The molecule has 0 radical (unpaired) electrons. The van der Waals surface area contributed by atoms with Gasteiger partial charge >= 0.3 is 18.2 Å². The summed E-state index contributed by atoms with van der Waals surface area (Å²) in [5.74, 6) is -0.667. The normalized spacial score (nSPS) is 11.1. The molecular weight excluding hydrogens is 473 g/mol. The number of urea groups is 1. The second-order valence-electron chi connectivity index (χ2n) is 8.13. The second-order valence-corrected chi connectivity index (χ2v) is 8.13. The van der Waals surface area contributed by atoms with E-state index in [9.17, 15) is 22.8 Å². The lowest BCUT2D eigenvalue weighted by Gasteiger charge is -2.22. The average molecular weight is 501 g/mol. The number of carbonyl (C=O) groups excluding carboxylic acids is 1. The van der Waals surface area contributed by atoms with Crippen LogP contribution in [0.15, 0.2) is 66.7 Å². The number of halogens is 3. The van der Waals surface area contributed by atoms with E-state index in [2.05, 4.69) is 5.32 Å². The molecule has 0 aliphatic heterocycles. The van der Waals surface area contributed by atoms with Gasteiger partial charge < -0.3 is 20.1 Å². The third-order valence-electron chi connectivity index (χ3n) is 5.66. The number of carboxylic acid groups (broad SMARTS) is 1. The molecule has 0 unspecified atom stereocenters. The number of alkyl halides is 3. The van der Waals surface area contributed by atoms with Crippen molar-refractivity contribution in [2.75, 3.05) is 13.7 Å². The highest BCUT2D eigenvalue weighted by atomic mass is 19.4. The zero-order valence-corrected chi connectivity index (χ0v) is 19.9. The van der Waals surface area contributed by atoms with Crippen LogP contribution >= 0.6 is 0 Å². The molecular formula is C27H27F3N2O4. The maximum atomic E-state index is 13.5. The number of hydrogen-bond acceptors (Lipinski definition) is 3. The summed E-state index contributed by atoms with van der Waals surface area (Å²) in [6, 6.07) is 17.0. The fourth-order valence-corrected chi connectivity index (χ4v) is 3.84. The van der Waals surface area contributed by atoms with E-state index >= 15 is 0 Å². The van der Waals surface area contributed by atoms with Gasteiger partial charge in [0.15, 0.2) is 0 Å². The molecule has 2 amide bonds. The van der Waals surface area contributed by atoms with Crippen molar-refractivity contribution in [2.24, 2.45) is 0 Å². The number of carbonyl (C=O) groups is 2. The Bertz CT molecular complexity index is 1210. The predicted molar refractivity (Wildman–Crippen MR) is 130 cm³/mol. The number of nitrogens with one attached hydrogen (secondary N) is 1. The number of hydrogen-bond donors (Lipinski definition) is 2. The number of benzene rings is 3.